The number of phenols is 1. The summed E-state index contributed by atoms with van der Waals surface area (Å²) >= 11 is 3.64. The van der Waals surface area contributed by atoms with Crippen molar-refractivity contribution in [1.29, 1.82) is 0 Å². The molecule has 27 heavy (non-hydrogen) atoms. The molecule has 2 N–H and O–H groups in total. The van der Waals surface area contributed by atoms with Crippen LogP contribution in [0.1, 0.15) is 54.9 Å². The first-order valence-electron chi connectivity index (χ1n) is 9.36. The lowest BCUT2D eigenvalue weighted by Gasteiger charge is -2.15. The Labute approximate surface area is 169 Å². The maximum absolute atomic E-state index is 11.8. The van der Waals surface area contributed by atoms with Crippen molar-refractivity contribution >= 4 is 21.8 Å². The highest BCUT2D eigenvalue weighted by atomic mass is 79.9. The quantitative estimate of drug-likeness (QED) is 0.659. The Morgan fingerprint density at radius 2 is 2.04 bits per heavy atom. The molecular formula is C22H26BrNO3. The lowest BCUT2D eigenvalue weighted by Crippen LogP contribution is -2.30. The number of hydrogen-bond acceptors (Lipinski definition) is 3. The molecule has 1 amide bonds. The molecule has 0 atom stereocenters. The van der Waals surface area contributed by atoms with E-state index in [1.807, 2.05) is 25.1 Å². The first kappa shape index (κ1) is 19.7. The molecule has 1 aliphatic carbocycles. The second-order valence-electron chi connectivity index (χ2n) is 7.56. The van der Waals surface area contributed by atoms with Crippen LogP contribution in [0.2, 0.25) is 0 Å². The van der Waals surface area contributed by atoms with Gasteiger partial charge >= 0.3 is 0 Å². The molecule has 2 aromatic rings. The Bertz CT molecular complexity index is 820. The monoisotopic (exact) mass is 431 g/mol. The van der Waals surface area contributed by atoms with Gasteiger partial charge in [-0.1, -0.05) is 41.9 Å². The normalized spacial score (nSPS) is 13.7. The van der Waals surface area contributed by atoms with Gasteiger partial charge in [0.1, 0.15) is 11.5 Å². The van der Waals surface area contributed by atoms with Gasteiger partial charge in [-0.15, -0.1) is 0 Å². The molecule has 0 bridgehead atoms. The number of carbonyl (C=O) groups excluding carboxylic acids is 1. The first-order valence-corrected chi connectivity index (χ1v) is 10.2. The van der Waals surface area contributed by atoms with E-state index in [2.05, 4.69) is 41.2 Å². The summed E-state index contributed by atoms with van der Waals surface area (Å²) in [7, 11) is 0. The molecule has 4 nitrogen and oxygen atoms in total. The van der Waals surface area contributed by atoms with E-state index >= 15 is 0 Å². The van der Waals surface area contributed by atoms with Crippen LogP contribution >= 0.6 is 15.9 Å². The second kappa shape index (κ2) is 8.34. The number of aryl methyl sites for hydroxylation is 1. The highest BCUT2D eigenvalue weighted by molar-refractivity contribution is 9.10. The Balaban J connectivity index is 1.71. The second-order valence-corrected chi connectivity index (χ2v) is 8.41. The predicted molar refractivity (Wildman–Crippen MR) is 111 cm³/mol. The summed E-state index contributed by atoms with van der Waals surface area (Å²) in [5, 5.41) is 12.9. The predicted octanol–water partition coefficient (Wildman–Crippen LogP) is 4.83. The highest BCUT2D eigenvalue weighted by Crippen LogP contribution is 2.31. The van der Waals surface area contributed by atoms with Crippen LogP contribution < -0.4 is 10.1 Å². The van der Waals surface area contributed by atoms with Crippen LogP contribution in [0.5, 0.6) is 11.5 Å². The number of halogens is 1. The number of rotatable bonds is 7. The van der Waals surface area contributed by atoms with Gasteiger partial charge in [-0.25, -0.2) is 0 Å². The fourth-order valence-electron chi connectivity index (χ4n) is 3.08. The molecule has 0 saturated heterocycles. The van der Waals surface area contributed by atoms with E-state index in [9.17, 15) is 9.90 Å². The molecule has 5 heteroatoms. The molecule has 0 aliphatic heterocycles. The van der Waals surface area contributed by atoms with Gasteiger partial charge in [0.05, 0.1) is 0 Å². The molecule has 1 aliphatic rings. The van der Waals surface area contributed by atoms with Gasteiger partial charge in [0.2, 0.25) is 0 Å². The van der Waals surface area contributed by atoms with Crippen molar-refractivity contribution in [2.24, 2.45) is 0 Å². The molecular weight excluding hydrogens is 406 g/mol. The lowest BCUT2D eigenvalue weighted by atomic mass is 9.95. The van der Waals surface area contributed by atoms with Crippen molar-refractivity contribution in [2.75, 3.05) is 6.61 Å². The summed E-state index contributed by atoms with van der Waals surface area (Å²) in [6.07, 6.45) is 2.90. The third kappa shape index (κ3) is 5.25. The van der Waals surface area contributed by atoms with Crippen LogP contribution in [-0.4, -0.2) is 23.7 Å². The Hall–Kier alpha value is -2.01. The van der Waals surface area contributed by atoms with E-state index in [1.165, 1.54) is 5.56 Å². The zero-order valence-electron chi connectivity index (χ0n) is 16.0. The third-order valence-corrected chi connectivity index (χ3v) is 5.51. The zero-order valence-corrected chi connectivity index (χ0v) is 17.6. The molecule has 1 saturated carbocycles. The van der Waals surface area contributed by atoms with Crippen LogP contribution in [0, 0.1) is 6.92 Å². The van der Waals surface area contributed by atoms with Gasteiger partial charge in [-0.05, 0) is 72.6 Å². The molecule has 144 valence electrons. The minimum absolute atomic E-state index is 0.0391. The number of amides is 1. The summed E-state index contributed by atoms with van der Waals surface area (Å²) in [5.41, 5.74) is 4.38. The molecule has 0 unspecified atom stereocenters. The molecule has 0 aromatic heterocycles. The van der Waals surface area contributed by atoms with Crippen molar-refractivity contribution in [2.45, 2.75) is 52.0 Å². The maximum atomic E-state index is 11.8. The standard InChI is InChI=1S/C22H26BrNO3/c1-13(2)18-9-15(4-7-21(18)25)10-19-14(3)8-17(11-20(19)23)27-12-22(26)24-16-5-6-16/h4,7-9,11,13,16,25H,5-6,10,12H2,1-3H3,(H,24,26). The van der Waals surface area contributed by atoms with E-state index in [0.29, 0.717) is 17.5 Å². The minimum atomic E-state index is -0.0688. The fraction of sp³-hybridized carbons (Fsp3) is 0.409. The Kier molecular flexibility index (Phi) is 6.10. The van der Waals surface area contributed by atoms with Crippen LogP contribution in [0.3, 0.4) is 0 Å². The summed E-state index contributed by atoms with van der Waals surface area (Å²) < 4.78 is 6.61. The fourth-order valence-corrected chi connectivity index (χ4v) is 3.75. The van der Waals surface area contributed by atoms with Crippen LogP contribution in [0.15, 0.2) is 34.8 Å². The van der Waals surface area contributed by atoms with Gasteiger partial charge in [0.15, 0.2) is 6.61 Å². The van der Waals surface area contributed by atoms with Crippen molar-refractivity contribution in [3.8, 4) is 11.5 Å². The van der Waals surface area contributed by atoms with Crippen LogP contribution in [-0.2, 0) is 11.2 Å². The van der Waals surface area contributed by atoms with Gasteiger partial charge in [-0.3, -0.25) is 4.79 Å². The number of benzene rings is 2. The van der Waals surface area contributed by atoms with E-state index in [4.69, 9.17) is 4.74 Å². The number of phenolic OH excluding ortho intramolecular Hbond substituents is 1. The molecule has 2 aromatic carbocycles. The molecule has 3 rings (SSSR count). The van der Waals surface area contributed by atoms with Crippen molar-refractivity contribution in [1.82, 2.24) is 5.32 Å². The Morgan fingerprint density at radius 1 is 1.30 bits per heavy atom. The highest BCUT2D eigenvalue weighted by Gasteiger charge is 2.23. The van der Waals surface area contributed by atoms with Gasteiger partial charge < -0.3 is 15.2 Å². The lowest BCUT2D eigenvalue weighted by molar-refractivity contribution is -0.123. The van der Waals surface area contributed by atoms with E-state index in [1.54, 1.807) is 6.07 Å². The summed E-state index contributed by atoms with van der Waals surface area (Å²) in [6.45, 7) is 6.23. The third-order valence-electron chi connectivity index (χ3n) is 4.80. The Morgan fingerprint density at radius 3 is 2.67 bits per heavy atom. The number of hydrogen-bond donors (Lipinski definition) is 2. The van der Waals surface area contributed by atoms with E-state index in [-0.39, 0.29) is 18.4 Å². The summed E-state index contributed by atoms with van der Waals surface area (Å²) in [6, 6.07) is 10.0. The molecule has 0 heterocycles. The van der Waals surface area contributed by atoms with Gasteiger partial charge in [0.25, 0.3) is 5.91 Å². The first-order chi connectivity index (χ1) is 12.8. The summed E-state index contributed by atoms with van der Waals surface area (Å²) in [5.74, 6) is 1.23. The number of carbonyl (C=O) groups is 1. The van der Waals surface area contributed by atoms with E-state index < -0.39 is 0 Å². The molecule has 1 fully saturated rings. The minimum Gasteiger partial charge on any atom is -0.508 e. The topological polar surface area (TPSA) is 58.6 Å². The average Bonchev–Trinajstić information content (AvgIpc) is 3.41. The number of ether oxygens (including phenoxy) is 1. The van der Waals surface area contributed by atoms with Gasteiger partial charge in [0, 0.05) is 10.5 Å². The van der Waals surface area contributed by atoms with Crippen LogP contribution in [0.25, 0.3) is 0 Å². The number of nitrogens with one attached hydrogen (secondary N) is 1. The largest absolute Gasteiger partial charge is 0.508 e. The van der Waals surface area contributed by atoms with Crippen molar-refractivity contribution in [3.05, 3.63) is 57.1 Å². The molecule has 0 spiro atoms. The van der Waals surface area contributed by atoms with Crippen LogP contribution in [0.4, 0.5) is 0 Å². The SMILES string of the molecule is Cc1cc(OCC(=O)NC2CC2)cc(Br)c1Cc1ccc(O)c(C(C)C)c1. The van der Waals surface area contributed by atoms with Gasteiger partial charge in [-0.2, -0.15) is 0 Å². The maximum Gasteiger partial charge on any atom is 0.258 e. The average molecular weight is 432 g/mol. The zero-order chi connectivity index (χ0) is 19.6. The van der Waals surface area contributed by atoms with Crippen molar-refractivity contribution in [3.63, 3.8) is 0 Å². The van der Waals surface area contributed by atoms with E-state index in [0.717, 1.165) is 40.4 Å². The number of aromatic hydroxyl groups is 1. The molecule has 0 radical (unpaired) electrons. The smallest absolute Gasteiger partial charge is 0.258 e. The summed E-state index contributed by atoms with van der Waals surface area (Å²) in [4.78, 5) is 11.8. The van der Waals surface area contributed by atoms with Crippen molar-refractivity contribution < 1.29 is 14.6 Å².